The van der Waals surface area contributed by atoms with Gasteiger partial charge in [-0.3, -0.25) is 9.48 Å². The molecule has 1 saturated heterocycles. The number of amides is 1. The highest BCUT2D eigenvalue weighted by atomic mass is 19.3. The van der Waals surface area contributed by atoms with E-state index in [4.69, 9.17) is 6.42 Å². The summed E-state index contributed by atoms with van der Waals surface area (Å²) in [5.41, 5.74) is -0.0935. The molecule has 0 unspecified atom stereocenters. The van der Waals surface area contributed by atoms with Crippen LogP contribution in [0.15, 0.2) is 24.7 Å². The van der Waals surface area contributed by atoms with Crippen LogP contribution >= 0.6 is 0 Å². The number of alkyl halides is 2. The first-order chi connectivity index (χ1) is 14.9. The van der Waals surface area contributed by atoms with Crippen LogP contribution in [-0.4, -0.2) is 56.0 Å². The van der Waals surface area contributed by atoms with Crippen molar-refractivity contribution < 1.29 is 13.6 Å². The molecule has 31 heavy (non-hydrogen) atoms. The van der Waals surface area contributed by atoms with Crippen LogP contribution in [0.2, 0.25) is 0 Å². The molecule has 2 atom stereocenters. The number of carbonyl (C=O) groups excluding carboxylic acids is 1. The van der Waals surface area contributed by atoms with E-state index in [9.17, 15) is 13.6 Å². The van der Waals surface area contributed by atoms with Gasteiger partial charge in [-0.05, 0) is 18.5 Å². The summed E-state index contributed by atoms with van der Waals surface area (Å²) in [5, 5.41) is 13.7. The fourth-order valence-corrected chi connectivity index (χ4v) is 3.64. The van der Waals surface area contributed by atoms with Crippen molar-refractivity contribution in [3.05, 3.63) is 35.9 Å². The molecule has 11 heteroatoms. The summed E-state index contributed by atoms with van der Waals surface area (Å²) in [7, 11) is 1.50. The van der Waals surface area contributed by atoms with Crippen molar-refractivity contribution in [3.63, 3.8) is 0 Å². The van der Waals surface area contributed by atoms with E-state index in [0.29, 0.717) is 30.5 Å². The van der Waals surface area contributed by atoms with Gasteiger partial charge in [0.1, 0.15) is 17.4 Å². The fraction of sp³-hybridized carbons (Fsp3) is 0.400. The van der Waals surface area contributed by atoms with Crippen molar-refractivity contribution in [1.29, 1.82) is 0 Å². The lowest BCUT2D eigenvalue weighted by atomic mass is 10.1. The topological polar surface area (TPSA) is 92.4 Å². The molecule has 0 aliphatic carbocycles. The Labute approximate surface area is 177 Å². The lowest BCUT2D eigenvalue weighted by Crippen LogP contribution is -2.39. The van der Waals surface area contributed by atoms with Crippen LogP contribution in [0.1, 0.15) is 29.4 Å². The predicted octanol–water partition coefficient (Wildman–Crippen LogP) is 1.70. The van der Waals surface area contributed by atoms with Gasteiger partial charge in [-0.25, -0.2) is 18.3 Å². The highest BCUT2D eigenvalue weighted by molar-refractivity contribution is 6.08. The second-order valence-corrected chi connectivity index (χ2v) is 7.57. The minimum absolute atomic E-state index is 0.0576. The van der Waals surface area contributed by atoms with Crippen molar-refractivity contribution >= 4 is 23.1 Å². The largest absolute Gasteiger partial charge is 0.341 e. The van der Waals surface area contributed by atoms with Gasteiger partial charge >= 0.3 is 0 Å². The first-order valence-electron chi connectivity index (χ1n) is 9.78. The summed E-state index contributed by atoms with van der Waals surface area (Å²) in [6, 6.07) is 1.60. The smallest absolute Gasteiger partial charge is 0.284 e. The molecule has 9 nitrogen and oxygen atoms in total. The summed E-state index contributed by atoms with van der Waals surface area (Å²) in [6.45, 7) is 4.28. The second-order valence-electron chi connectivity index (χ2n) is 7.57. The second kappa shape index (κ2) is 8.31. The van der Waals surface area contributed by atoms with E-state index in [0.717, 1.165) is 6.54 Å². The maximum Gasteiger partial charge on any atom is 0.284 e. The van der Waals surface area contributed by atoms with Gasteiger partial charge in [0.05, 0.1) is 11.9 Å². The zero-order chi connectivity index (χ0) is 22.1. The Morgan fingerprint density at radius 1 is 1.42 bits per heavy atom. The lowest BCUT2D eigenvalue weighted by Gasteiger charge is -2.28. The molecule has 0 aromatic carbocycles. The number of nitrogens with zero attached hydrogens (tertiary/aromatic N) is 6. The van der Waals surface area contributed by atoms with E-state index in [2.05, 4.69) is 38.7 Å². The Balaban J connectivity index is 1.67. The number of fused-ring (bicyclic) bond motifs is 1. The minimum atomic E-state index is -2.82. The van der Waals surface area contributed by atoms with Crippen LogP contribution in [0.4, 0.5) is 20.3 Å². The summed E-state index contributed by atoms with van der Waals surface area (Å²) >= 11 is 0. The summed E-state index contributed by atoms with van der Waals surface area (Å²) in [4.78, 5) is 19.5. The highest BCUT2D eigenvalue weighted by Crippen LogP contribution is 2.26. The molecule has 4 rings (SSSR count). The Bertz CT molecular complexity index is 1150. The molecule has 2 N–H and O–H groups in total. The monoisotopic (exact) mass is 428 g/mol. The Kier molecular flexibility index (Phi) is 5.56. The number of anilines is 2. The van der Waals surface area contributed by atoms with Gasteiger partial charge in [0.15, 0.2) is 11.3 Å². The molecule has 3 aromatic heterocycles. The molecule has 4 heterocycles. The number of hydrogen-bond acceptors (Lipinski definition) is 6. The van der Waals surface area contributed by atoms with Gasteiger partial charge in [-0.1, -0.05) is 12.8 Å². The number of aryl methyl sites for hydroxylation is 1. The average molecular weight is 428 g/mol. The van der Waals surface area contributed by atoms with Crippen LogP contribution < -0.4 is 15.5 Å². The maximum absolute atomic E-state index is 13.2. The van der Waals surface area contributed by atoms with Crippen LogP contribution in [0, 0.1) is 18.3 Å². The van der Waals surface area contributed by atoms with Gasteiger partial charge < -0.3 is 15.5 Å². The van der Waals surface area contributed by atoms with E-state index < -0.39 is 18.0 Å². The van der Waals surface area contributed by atoms with Crippen molar-refractivity contribution in [2.24, 2.45) is 13.0 Å². The van der Waals surface area contributed by atoms with Gasteiger partial charge in [-0.15, -0.1) is 6.42 Å². The van der Waals surface area contributed by atoms with E-state index in [-0.39, 0.29) is 17.3 Å². The van der Waals surface area contributed by atoms with Crippen LogP contribution in [0.25, 0.3) is 5.65 Å². The Morgan fingerprint density at radius 3 is 2.97 bits per heavy atom. The molecule has 0 saturated carbocycles. The van der Waals surface area contributed by atoms with Crippen molar-refractivity contribution in [2.75, 3.05) is 29.9 Å². The third-order valence-corrected chi connectivity index (χ3v) is 5.11. The third-order valence-electron chi connectivity index (χ3n) is 5.11. The molecule has 1 amide bonds. The summed E-state index contributed by atoms with van der Waals surface area (Å²) < 4.78 is 29.1. The SMILES string of the molecule is C#C[C@H]1CNC[C@@H](C)CN1c1ccn2ncc(C(=O)Nc3cn(C)nc3C(F)F)c2n1. The number of hydrogen-bond donors (Lipinski definition) is 2. The van der Waals surface area contributed by atoms with Crippen molar-refractivity contribution in [1.82, 2.24) is 29.7 Å². The minimum Gasteiger partial charge on any atom is -0.341 e. The molecule has 162 valence electrons. The normalized spacial score (nSPS) is 19.4. The molecule has 3 aromatic rings. The Morgan fingerprint density at radius 2 is 2.23 bits per heavy atom. The molecule has 1 aliphatic rings. The third kappa shape index (κ3) is 4.06. The number of nitrogens with one attached hydrogen (secondary N) is 2. The number of aromatic nitrogens is 5. The molecular weight excluding hydrogens is 406 g/mol. The van der Waals surface area contributed by atoms with Crippen LogP contribution in [0.3, 0.4) is 0 Å². The molecule has 0 bridgehead atoms. The zero-order valence-electron chi connectivity index (χ0n) is 17.1. The number of rotatable bonds is 4. The predicted molar refractivity (Wildman–Crippen MR) is 111 cm³/mol. The standard InChI is InChI=1S/C20H22F2N8O/c1-4-13-8-23-7-12(2)10-29(13)16-5-6-30-19(26-16)14(9-24-30)20(31)25-15-11-28(3)27-17(15)18(21)22/h1,5-6,9,11-13,18,23H,7-8,10H2,2-3H3,(H,25,31)/t12-,13+/m1/s1. The highest BCUT2D eigenvalue weighted by Gasteiger charge is 2.26. The first kappa shape index (κ1) is 20.7. The molecular formula is C20H22F2N8O. The molecule has 0 radical (unpaired) electrons. The average Bonchev–Trinajstić information content (AvgIpc) is 3.26. The molecule has 0 spiro atoms. The summed E-state index contributed by atoms with van der Waals surface area (Å²) in [5.74, 6) is 3.15. The Hall–Kier alpha value is -3.52. The van der Waals surface area contributed by atoms with Crippen molar-refractivity contribution in [3.8, 4) is 12.3 Å². The van der Waals surface area contributed by atoms with E-state index >= 15 is 0 Å². The number of carbonyl (C=O) groups is 1. The van der Waals surface area contributed by atoms with Crippen molar-refractivity contribution in [2.45, 2.75) is 19.4 Å². The van der Waals surface area contributed by atoms with Crippen LogP contribution in [0.5, 0.6) is 0 Å². The first-order valence-corrected chi connectivity index (χ1v) is 9.78. The summed E-state index contributed by atoms with van der Waals surface area (Å²) in [6.07, 6.45) is 7.29. The van der Waals surface area contributed by atoms with Crippen LogP contribution in [-0.2, 0) is 7.05 Å². The quantitative estimate of drug-likeness (QED) is 0.615. The number of halogens is 2. The zero-order valence-corrected chi connectivity index (χ0v) is 17.1. The van der Waals surface area contributed by atoms with Gasteiger partial charge in [0.2, 0.25) is 0 Å². The fourth-order valence-electron chi connectivity index (χ4n) is 3.64. The number of terminal acetylenes is 1. The van der Waals surface area contributed by atoms with E-state index in [1.165, 1.54) is 28.6 Å². The lowest BCUT2D eigenvalue weighted by molar-refractivity contribution is 0.102. The van der Waals surface area contributed by atoms with E-state index in [1.807, 2.05) is 4.90 Å². The van der Waals surface area contributed by atoms with Gasteiger partial charge in [-0.2, -0.15) is 10.2 Å². The van der Waals surface area contributed by atoms with E-state index in [1.54, 1.807) is 12.3 Å². The molecule has 1 aliphatic heterocycles. The van der Waals surface area contributed by atoms with Gasteiger partial charge in [0.25, 0.3) is 12.3 Å². The maximum atomic E-state index is 13.2. The van der Waals surface area contributed by atoms with Gasteiger partial charge in [0, 0.05) is 32.5 Å². The molecule has 1 fully saturated rings.